The van der Waals surface area contributed by atoms with E-state index in [2.05, 4.69) is 4.72 Å². The van der Waals surface area contributed by atoms with E-state index >= 15 is 0 Å². The largest absolute Gasteiger partial charge is 0.296 e. The van der Waals surface area contributed by atoms with Crippen LogP contribution < -0.4 is 10.3 Å². The summed E-state index contributed by atoms with van der Waals surface area (Å²) < 4.78 is 31.6. The highest BCUT2D eigenvalue weighted by atomic mass is 32.2. The molecule has 0 saturated carbocycles. The second-order valence-electron chi connectivity index (χ2n) is 7.05. The monoisotopic (exact) mass is 407 g/mol. The quantitative estimate of drug-likeness (QED) is 0.560. The summed E-state index contributed by atoms with van der Waals surface area (Å²) in [6, 6.07) is 19.9. The number of hydrogen-bond donors (Lipinski definition) is 1. The molecule has 0 aliphatic heterocycles. The van der Waals surface area contributed by atoms with Gasteiger partial charge in [-0.25, -0.2) is 13.1 Å². The maximum absolute atomic E-state index is 13.0. The first-order chi connectivity index (χ1) is 13.8. The molecule has 0 aliphatic carbocycles. The van der Waals surface area contributed by atoms with Crippen molar-refractivity contribution in [3.8, 4) is 5.69 Å². The molecule has 1 N–H and O–H groups in total. The Hall–Kier alpha value is -3.32. The summed E-state index contributed by atoms with van der Waals surface area (Å²) in [5, 5.41) is 1.79. The molecule has 0 bridgehead atoms. The van der Waals surface area contributed by atoms with Crippen molar-refractivity contribution in [3.63, 3.8) is 0 Å². The van der Waals surface area contributed by atoms with Crippen molar-refractivity contribution < 1.29 is 8.42 Å². The maximum atomic E-state index is 13.0. The van der Waals surface area contributed by atoms with E-state index in [1.165, 1.54) is 4.68 Å². The van der Waals surface area contributed by atoms with Crippen LogP contribution in [0.1, 0.15) is 11.3 Å². The Morgan fingerprint density at radius 1 is 0.862 bits per heavy atom. The topological polar surface area (TPSA) is 73.1 Å². The van der Waals surface area contributed by atoms with Gasteiger partial charge in [-0.1, -0.05) is 48.0 Å². The number of nitrogens with one attached hydrogen (secondary N) is 1. The molecule has 29 heavy (non-hydrogen) atoms. The molecule has 0 radical (unpaired) electrons. The first kappa shape index (κ1) is 19.0. The summed E-state index contributed by atoms with van der Waals surface area (Å²) in [7, 11) is -2.20. The summed E-state index contributed by atoms with van der Waals surface area (Å²) in [6.45, 7) is 3.70. The van der Waals surface area contributed by atoms with Crippen LogP contribution in [0.25, 0.3) is 16.5 Å². The van der Waals surface area contributed by atoms with Crippen LogP contribution in [0, 0.1) is 13.8 Å². The van der Waals surface area contributed by atoms with Gasteiger partial charge >= 0.3 is 0 Å². The predicted molar refractivity (Wildman–Crippen MR) is 115 cm³/mol. The van der Waals surface area contributed by atoms with Crippen LogP contribution in [0.2, 0.25) is 0 Å². The lowest BCUT2D eigenvalue weighted by Gasteiger charge is -2.08. The molecule has 7 heteroatoms. The molecule has 6 nitrogen and oxygen atoms in total. The zero-order valence-electron chi connectivity index (χ0n) is 16.4. The van der Waals surface area contributed by atoms with Gasteiger partial charge in [0.1, 0.15) is 5.69 Å². The summed E-state index contributed by atoms with van der Waals surface area (Å²) in [4.78, 5) is 13.1. The minimum atomic E-state index is -3.92. The summed E-state index contributed by atoms with van der Waals surface area (Å²) in [5.41, 5.74) is 1.91. The fourth-order valence-corrected chi connectivity index (χ4v) is 4.54. The lowest BCUT2D eigenvalue weighted by molar-refractivity contribution is 0.601. The normalized spacial score (nSPS) is 11.7. The summed E-state index contributed by atoms with van der Waals surface area (Å²) in [5.74, 6) is 0. The van der Waals surface area contributed by atoms with E-state index in [-0.39, 0.29) is 10.6 Å². The Morgan fingerprint density at radius 3 is 2.24 bits per heavy atom. The van der Waals surface area contributed by atoms with Gasteiger partial charge in [0.15, 0.2) is 0 Å². The number of hydrogen-bond acceptors (Lipinski definition) is 3. The van der Waals surface area contributed by atoms with Crippen molar-refractivity contribution in [1.82, 2.24) is 9.36 Å². The van der Waals surface area contributed by atoms with Gasteiger partial charge in [0.05, 0.1) is 16.3 Å². The number of aromatic nitrogens is 2. The minimum Gasteiger partial charge on any atom is -0.283 e. The number of aryl methyl sites for hydroxylation is 1. The van der Waals surface area contributed by atoms with Crippen molar-refractivity contribution >= 4 is 26.5 Å². The van der Waals surface area contributed by atoms with E-state index in [4.69, 9.17) is 0 Å². The lowest BCUT2D eigenvalue weighted by Crippen LogP contribution is -2.23. The zero-order chi connectivity index (χ0) is 20.8. The number of sulfonamides is 1. The highest BCUT2D eigenvalue weighted by Gasteiger charge is 2.22. The Morgan fingerprint density at radius 2 is 1.52 bits per heavy atom. The van der Waals surface area contributed by atoms with Gasteiger partial charge in [-0.3, -0.25) is 14.2 Å². The number of anilines is 1. The molecule has 0 unspecified atom stereocenters. The SMILES string of the molecule is Cc1ccc2cc(S(=O)(=O)Nc3c(C)n(C)n(-c4ccccc4)c3=O)ccc2c1. The van der Waals surface area contributed by atoms with Gasteiger partial charge in [0.2, 0.25) is 0 Å². The van der Waals surface area contributed by atoms with Gasteiger partial charge in [-0.15, -0.1) is 0 Å². The molecule has 0 aliphatic rings. The number of rotatable bonds is 4. The van der Waals surface area contributed by atoms with E-state index < -0.39 is 15.6 Å². The number of fused-ring (bicyclic) bond motifs is 1. The van der Waals surface area contributed by atoms with Crippen molar-refractivity contribution in [2.45, 2.75) is 18.7 Å². The molecule has 0 saturated heterocycles. The second-order valence-corrected chi connectivity index (χ2v) is 8.74. The summed E-state index contributed by atoms with van der Waals surface area (Å²) in [6.07, 6.45) is 0. The highest BCUT2D eigenvalue weighted by molar-refractivity contribution is 7.92. The number of nitrogens with zero attached hydrogens (tertiary/aromatic N) is 2. The molecule has 4 rings (SSSR count). The van der Waals surface area contributed by atoms with Gasteiger partial charge in [0, 0.05) is 7.05 Å². The van der Waals surface area contributed by atoms with Crippen LogP contribution in [0.5, 0.6) is 0 Å². The standard InChI is InChI=1S/C22H21N3O3S/c1-15-9-10-18-14-20(12-11-17(18)13-15)29(27,28)23-21-16(2)24(3)25(22(21)26)19-7-5-4-6-8-19/h4-14,23H,1-3H3. The van der Waals surface area contributed by atoms with Crippen molar-refractivity contribution in [2.24, 2.45) is 7.05 Å². The van der Waals surface area contributed by atoms with Crippen LogP contribution in [0.15, 0.2) is 76.4 Å². The first-order valence-corrected chi connectivity index (χ1v) is 10.6. The first-order valence-electron chi connectivity index (χ1n) is 9.15. The average Bonchev–Trinajstić information content (AvgIpc) is 2.91. The highest BCUT2D eigenvalue weighted by Crippen LogP contribution is 2.23. The third-order valence-corrected chi connectivity index (χ3v) is 6.42. The van der Waals surface area contributed by atoms with Crippen LogP contribution in [0.4, 0.5) is 5.69 Å². The molecule has 148 valence electrons. The smallest absolute Gasteiger partial charge is 0.283 e. The van der Waals surface area contributed by atoms with E-state index in [0.29, 0.717) is 11.4 Å². The van der Waals surface area contributed by atoms with E-state index in [9.17, 15) is 13.2 Å². The molecule has 3 aromatic carbocycles. The van der Waals surface area contributed by atoms with E-state index in [1.54, 1.807) is 49.0 Å². The van der Waals surface area contributed by atoms with E-state index in [0.717, 1.165) is 16.3 Å². The minimum absolute atomic E-state index is 0.0420. The fraction of sp³-hybridized carbons (Fsp3) is 0.136. The van der Waals surface area contributed by atoms with Gasteiger partial charge < -0.3 is 0 Å². The van der Waals surface area contributed by atoms with Crippen molar-refractivity contribution in [1.29, 1.82) is 0 Å². The summed E-state index contributed by atoms with van der Waals surface area (Å²) >= 11 is 0. The predicted octanol–water partition coefficient (Wildman–Crippen LogP) is 3.75. The van der Waals surface area contributed by atoms with Gasteiger partial charge in [0.25, 0.3) is 15.6 Å². The molecule has 4 aromatic rings. The van der Waals surface area contributed by atoms with Crippen molar-refractivity contribution in [2.75, 3.05) is 4.72 Å². The molecule has 1 aromatic heterocycles. The molecular formula is C22H21N3O3S. The van der Waals surface area contributed by atoms with Crippen molar-refractivity contribution in [3.05, 3.63) is 88.3 Å². The van der Waals surface area contributed by atoms with Crippen LogP contribution in [-0.2, 0) is 17.1 Å². The molecule has 0 spiro atoms. The van der Waals surface area contributed by atoms with Crippen LogP contribution in [0.3, 0.4) is 0 Å². The molecular weight excluding hydrogens is 386 g/mol. The Bertz CT molecular complexity index is 1380. The maximum Gasteiger partial charge on any atom is 0.296 e. The molecule has 0 fully saturated rings. The lowest BCUT2D eigenvalue weighted by atomic mass is 10.1. The zero-order valence-corrected chi connectivity index (χ0v) is 17.2. The van der Waals surface area contributed by atoms with Crippen LogP contribution >= 0.6 is 0 Å². The number of benzene rings is 3. The average molecular weight is 407 g/mol. The van der Waals surface area contributed by atoms with E-state index in [1.807, 2.05) is 43.3 Å². The molecule has 0 amide bonds. The second kappa shape index (κ2) is 6.93. The molecule has 0 atom stereocenters. The molecule has 1 heterocycles. The third kappa shape index (κ3) is 3.34. The fourth-order valence-electron chi connectivity index (χ4n) is 3.39. The van der Waals surface area contributed by atoms with Crippen LogP contribution in [-0.4, -0.2) is 17.8 Å². The number of para-hydroxylation sites is 1. The Balaban J connectivity index is 1.78. The Labute approximate surface area is 169 Å². The third-order valence-electron chi connectivity index (χ3n) is 5.07. The Kier molecular flexibility index (Phi) is 4.55. The van der Waals surface area contributed by atoms with Gasteiger partial charge in [-0.2, -0.15) is 0 Å². The van der Waals surface area contributed by atoms with Gasteiger partial charge in [-0.05, 0) is 48.9 Å².